The summed E-state index contributed by atoms with van der Waals surface area (Å²) in [5.74, 6) is 0.515. The Bertz CT molecular complexity index is 281. The molecule has 1 unspecified atom stereocenters. The highest BCUT2D eigenvalue weighted by atomic mass is 14.9. The van der Waals surface area contributed by atoms with Crippen molar-refractivity contribution in [3.05, 3.63) is 29.8 Å². The molecular weight excluding hydrogens is 172 g/mol. The van der Waals surface area contributed by atoms with Gasteiger partial charge in [0.15, 0.2) is 0 Å². The molecule has 0 aliphatic rings. The molecule has 1 aromatic carbocycles. The predicted octanol–water partition coefficient (Wildman–Crippen LogP) is 2.37. The van der Waals surface area contributed by atoms with Crippen LogP contribution in [0.3, 0.4) is 0 Å². The predicted molar refractivity (Wildman–Crippen MR) is 62.4 cm³/mol. The van der Waals surface area contributed by atoms with Gasteiger partial charge in [-0.3, -0.25) is 0 Å². The zero-order chi connectivity index (χ0) is 10.6. The van der Waals surface area contributed by atoms with Gasteiger partial charge >= 0.3 is 0 Å². The molecule has 0 aliphatic heterocycles. The van der Waals surface area contributed by atoms with Crippen molar-refractivity contribution in [3.63, 3.8) is 0 Å². The second-order valence-corrected chi connectivity index (χ2v) is 4.13. The third-order valence-electron chi connectivity index (χ3n) is 2.31. The van der Waals surface area contributed by atoms with Crippen LogP contribution in [0.15, 0.2) is 24.3 Å². The van der Waals surface area contributed by atoms with Gasteiger partial charge < -0.3 is 11.1 Å². The second kappa shape index (κ2) is 5.01. The Labute approximate surface area is 86.5 Å². The number of hydrogen-bond donors (Lipinski definition) is 2. The highest BCUT2D eigenvalue weighted by Gasteiger charge is 2.05. The minimum atomic E-state index is 0.515. The first-order valence-electron chi connectivity index (χ1n) is 5.18. The lowest BCUT2D eigenvalue weighted by atomic mass is 10.0. The minimum Gasteiger partial charge on any atom is -0.399 e. The quantitative estimate of drug-likeness (QED) is 0.719. The van der Waals surface area contributed by atoms with Gasteiger partial charge in [-0.15, -0.1) is 0 Å². The van der Waals surface area contributed by atoms with Gasteiger partial charge in [0.25, 0.3) is 0 Å². The van der Waals surface area contributed by atoms with Crippen LogP contribution in [0.5, 0.6) is 0 Å². The standard InChI is InChI=1S/C12H20N2/c1-9(2)14-8-10(3)11-5-4-6-12(13)7-11/h4-7,9-10,14H,8,13H2,1-3H3. The van der Waals surface area contributed by atoms with Crippen LogP contribution in [0.4, 0.5) is 5.69 Å². The average Bonchev–Trinajstić information content (AvgIpc) is 2.14. The van der Waals surface area contributed by atoms with Crippen LogP contribution in [0, 0.1) is 0 Å². The topological polar surface area (TPSA) is 38.0 Å². The molecule has 0 spiro atoms. The van der Waals surface area contributed by atoms with Crippen molar-refractivity contribution in [2.75, 3.05) is 12.3 Å². The molecule has 0 aliphatic carbocycles. The lowest BCUT2D eigenvalue weighted by Gasteiger charge is -2.15. The molecule has 0 heterocycles. The van der Waals surface area contributed by atoms with E-state index in [1.807, 2.05) is 18.2 Å². The number of nitrogen functional groups attached to an aromatic ring is 1. The third-order valence-corrected chi connectivity index (χ3v) is 2.31. The molecule has 0 radical (unpaired) electrons. The van der Waals surface area contributed by atoms with Gasteiger partial charge in [-0.05, 0) is 23.6 Å². The Morgan fingerprint density at radius 3 is 2.57 bits per heavy atom. The maximum Gasteiger partial charge on any atom is 0.0316 e. The Hall–Kier alpha value is -1.02. The SMILES string of the molecule is CC(C)NCC(C)c1cccc(N)c1. The van der Waals surface area contributed by atoms with Crippen LogP contribution in [-0.4, -0.2) is 12.6 Å². The molecule has 2 heteroatoms. The lowest BCUT2D eigenvalue weighted by Crippen LogP contribution is -2.26. The third kappa shape index (κ3) is 3.38. The number of anilines is 1. The minimum absolute atomic E-state index is 0.515. The van der Waals surface area contributed by atoms with Crippen LogP contribution < -0.4 is 11.1 Å². The van der Waals surface area contributed by atoms with Gasteiger partial charge in [-0.25, -0.2) is 0 Å². The molecule has 0 aromatic heterocycles. The maximum absolute atomic E-state index is 5.73. The Kier molecular flexibility index (Phi) is 3.96. The van der Waals surface area contributed by atoms with Gasteiger partial charge in [0, 0.05) is 18.3 Å². The Morgan fingerprint density at radius 1 is 1.29 bits per heavy atom. The summed E-state index contributed by atoms with van der Waals surface area (Å²) in [7, 11) is 0. The maximum atomic E-state index is 5.73. The van der Waals surface area contributed by atoms with E-state index in [9.17, 15) is 0 Å². The molecular formula is C12H20N2. The zero-order valence-corrected chi connectivity index (χ0v) is 9.25. The highest BCUT2D eigenvalue weighted by molar-refractivity contribution is 5.41. The average molecular weight is 192 g/mol. The molecule has 1 atom stereocenters. The van der Waals surface area contributed by atoms with Gasteiger partial charge in [0.2, 0.25) is 0 Å². The van der Waals surface area contributed by atoms with Gasteiger partial charge in [0.1, 0.15) is 0 Å². The molecule has 0 saturated carbocycles. The summed E-state index contributed by atoms with van der Waals surface area (Å²) in [6, 6.07) is 8.65. The zero-order valence-electron chi connectivity index (χ0n) is 9.25. The van der Waals surface area contributed by atoms with Crippen LogP contribution in [-0.2, 0) is 0 Å². The van der Waals surface area contributed by atoms with Crippen LogP contribution in [0.2, 0.25) is 0 Å². The molecule has 1 aromatic rings. The smallest absolute Gasteiger partial charge is 0.0316 e. The lowest BCUT2D eigenvalue weighted by molar-refractivity contribution is 0.548. The number of nitrogens with one attached hydrogen (secondary N) is 1. The van der Waals surface area contributed by atoms with E-state index < -0.39 is 0 Å². The number of hydrogen-bond acceptors (Lipinski definition) is 2. The summed E-state index contributed by atoms with van der Waals surface area (Å²) in [6.07, 6.45) is 0. The first kappa shape index (κ1) is 11.1. The van der Waals surface area contributed by atoms with Crippen molar-refractivity contribution in [3.8, 4) is 0 Å². The van der Waals surface area contributed by atoms with Crippen LogP contribution in [0.1, 0.15) is 32.3 Å². The molecule has 0 fully saturated rings. The first-order valence-corrected chi connectivity index (χ1v) is 5.18. The summed E-state index contributed by atoms with van der Waals surface area (Å²) in [6.45, 7) is 7.53. The summed E-state index contributed by atoms with van der Waals surface area (Å²) in [5, 5.41) is 3.42. The molecule has 0 amide bonds. The van der Waals surface area contributed by atoms with E-state index in [1.54, 1.807) is 0 Å². The Morgan fingerprint density at radius 2 is 2.00 bits per heavy atom. The molecule has 3 N–H and O–H groups in total. The number of benzene rings is 1. The molecule has 78 valence electrons. The Balaban J connectivity index is 2.56. The van der Waals surface area contributed by atoms with Crippen molar-refractivity contribution in [1.29, 1.82) is 0 Å². The normalized spacial score (nSPS) is 13.1. The van der Waals surface area contributed by atoms with Crippen molar-refractivity contribution in [2.45, 2.75) is 32.7 Å². The largest absolute Gasteiger partial charge is 0.399 e. The summed E-state index contributed by atoms with van der Waals surface area (Å²) in [5.41, 5.74) is 7.88. The van der Waals surface area contributed by atoms with Crippen LogP contribution >= 0.6 is 0 Å². The number of nitrogens with two attached hydrogens (primary N) is 1. The van der Waals surface area contributed by atoms with E-state index in [4.69, 9.17) is 5.73 Å². The molecule has 1 rings (SSSR count). The second-order valence-electron chi connectivity index (χ2n) is 4.13. The van der Waals surface area contributed by atoms with Crippen molar-refractivity contribution >= 4 is 5.69 Å². The van der Waals surface area contributed by atoms with E-state index in [2.05, 4.69) is 32.2 Å². The summed E-state index contributed by atoms with van der Waals surface area (Å²) < 4.78 is 0. The van der Waals surface area contributed by atoms with E-state index in [0.29, 0.717) is 12.0 Å². The van der Waals surface area contributed by atoms with E-state index >= 15 is 0 Å². The van der Waals surface area contributed by atoms with Gasteiger partial charge in [0.05, 0.1) is 0 Å². The van der Waals surface area contributed by atoms with Crippen molar-refractivity contribution < 1.29 is 0 Å². The number of rotatable bonds is 4. The van der Waals surface area contributed by atoms with E-state index in [1.165, 1.54) is 5.56 Å². The molecule has 2 nitrogen and oxygen atoms in total. The van der Waals surface area contributed by atoms with Crippen molar-refractivity contribution in [1.82, 2.24) is 5.32 Å². The molecule has 0 bridgehead atoms. The summed E-state index contributed by atoms with van der Waals surface area (Å²) >= 11 is 0. The highest BCUT2D eigenvalue weighted by Crippen LogP contribution is 2.16. The van der Waals surface area contributed by atoms with E-state index in [0.717, 1.165) is 12.2 Å². The van der Waals surface area contributed by atoms with E-state index in [-0.39, 0.29) is 0 Å². The fourth-order valence-electron chi connectivity index (χ4n) is 1.40. The monoisotopic (exact) mass is 192 g/mol. The summed E-state index contributed by atoms with van der Waals surface area (Å²) in [4.78, 5) is 0. The van der Waals surface area contributed by atoms with Crippen LogP contribution in [0.25, 0.3) is 0 Å². The fourth-order valence-corrected chi connectivity index (χ4v) is 1.40. The molecule has 0 saturated heterocycles. The fraction of sp³-hybridized carbons (Fsp3) is 0.500. The first-order chi connectivity index (χ1) is 6.59. The van der Waals surface area contributed by atoms with Gasteiger partial charge in [-0.1, -0.05) is 32.9 Å². The molecule has 14 heavy (non-hydrogen) atoms. The van der Waals surface area contributed by atoms with Gasteiger partial charge in [-0.2, -0.15) is 0 Å². The van der Waals surface area contributed by atoms with Crippen molar-refractivity contribution in [2.24, 2.45) is 0 Å².